The maximum absolute atomic E-state index is 12.9. The molecule has 3 unspecified atom stereocenters. The summed E-state index contributed by atoms with van der Waals surface area (Å²) in [6.07, 6.45) is 20.5. The monoisotopic (exact) mass is 768 g/mol. The van der Waals surface area contributed by atoms with Gasteiger partial charge >= 0.3 is 17.9 Å². The number of rotatable bonds is 28. The first-order chi connectivity index (χ1) is 24.5. The predicted molar refractivity (Wildman–Crippen MR) is 214 cm³/mol. The van der Waals surface area contributed by atoms with E-state index in [9.17, 15) is 19.5 Å². The smallest absolute Gasteiger partial charge is 0.311 e. The highest BCUT2D eigenvalue weighted by molar-refractivity contribution is 6.37. The summed E-state index contributed by atoms with van der Waals surface area (Å²) in [6, 6.07) is 3.40. The van der Waals surface area contributed by atoms with Crippen molar-refractivity contribution >= 4 is 41.1 Å². The van der Waals surface area contributed by atoms with Crippen molar-refractivity contribution in [2.75, 3.05) is 13.2 Å². The number of hydrogen-bond acceptors (Lipinski definition) is 7. The van der Waals surface area contributed by atoms with Crippen molar-refractivity contribution in [3.05, 3.63) is 39.9 Å². The number of aliphatic hydroxyl groups is 1. The average molecular weight is 770 g/mol. The van der Waals surface area contributed by atoms with Crippen molar-refractivity contribution in [2.24, 2.45) is 22.7 Å². The Balaban J connectivity index is 2.36. The van der Waals surface area contributed by atoms with Crippen LogP contribution in [0.5, 0.6) is 5.75 Å². The minimum absolute atomic E-state index is 0.0100. The zero-order valence-corrected chi connectivity index (χ0v) is 35.1. The molecule has 0 spiro atoms. The van der Waals surface area contributed by atoms with Crippen LogP contribution in [0.25, 0.3) is 0 Å². The molecule has 0 heterocycles. The van der Waals surface area contributed by atoms with Crippen molar-refractivity contribution in [1.29, 1.82) is 0 Å². The third-order valence-corrected chi connectivity index (χ3v) is 11.3. The predicted octanol–water partition coefficient (Wildman–Crippen LogP) is 12.2. The number of hydrogen-bond donors (Lipinski definition) is 1. The first-order valence-electron chi connectivity index (χ1n) is 19.8. The second-order valence-electron chi connectivity index (χ2n) is 16.1. The molecule has 0 radical (unpaired) electrons. The number of benzene rings is 1. The summed E-state index contributed by atoms with van der Waals surface area (Å²) in [5, 5.41) is 10.4. The van der Waals surface area contributed by atoms with E-state index in [0.29, 0.717) is 22.9 Å². The second-order valence-corrected chi connectivity index (χ2v) is 16.9. The summed E-state index contributed by atoms with van der Waals surface area (Å²) in [6.45, 7) is 16.0. The van der Waals surface area contributed by atoms with Crippen LogP contribution >= 0.6 is 23.2 Å². The fraction of sp³-hybridized carbons (Fsp3) is 0.744. The molecule has 0 aliphatic carbocycles. The Bertz CT molecular complexity index is 1200. The number of aryl methyl sites for hydroxylation is 1. The third kappa shape index (κ3) is 19.3. The van der Waals surface area contributed by atoms with E-state index in [4.69, 9.17) is 37.4 Å². The molecule has 3 atom stereocenters. The number of unbranched alkanes of at least 4 members (excludes halogenated alkanes) is 11. The zero-order valence-electron chi connectivity index (χ0n) is 33.6. The molecule has 1 aromatic carbocycles. The molecule has 7 nitrogen and oxygen atoms in total. The normalized spacial score (nSPS) is 13.9. The van der Waals surface area contributed by atoms with Crippen LogP contribution in [0.1, 0.15) is 163 Å². The summed E-state index contributed by atoms with van der Waals surface area (Å²) in [7, 11) is 0. The molecular weight excluding hydrogens is 699 g/mol. The van der Waals surface area contributed by atoms with E-state index in [1.807, 2.05) is 20.8 Å². The molecule has 0 fully saturated rings. The first-order valence-corrected chi connectivity index (χ1v) is 20.6. The van der Waals surface area contributed by atoms with Crippen LogP contribution in [0.2, 0.25) is 10.0 Å². The van der Waals surface area contributed by atoms with Crippen LogP contribution in [-0.4, -0.2) is 42.3 Å². The van der Waals surface area contributed by atoms with Gasteiger partial charge in [0, 0.05) is 19.3 Å². The Morgan fingerprint density at radius 3 is 1.88 bits per heavy atom. The van der Waals surface area contributed by atoms with Crippen LogP contribution in [0.4, 0.5) is 0 Å². The molecule has 0 saturated heterocycles. The van der Waals surface area contributed by atoms with Crippen molar-refractivity contribution in [2.45, 2.75) is 171 Å². The van der Waals surface area contributed by atoms with Crippen LogP contribution < -0.4 is 4.74 Å². The summed E-state index contributed by atoms with van der Waals surface area (Å²) in [5.74, 6) is -1.12. The third-order valence-electron chi connectivity index (χ3n) is 10.8. The summed E-state index contributed by atoms with van der Waals surface area (Å²) in [5.41, 5.74) is 0.292. The lowest BCUT2D eigenvalue weighted by atomic mass is 9.58. The minimum Gasteiger partial charge on any atom is -0.462 e. The summed E-state index contributed by atoms with van der Waals surface area (Å²) >= 11 is 12.5. The lowest BCUT2D eigenvalue weighted by Crippen LogP contribution is -2.41. The maximum Gasteiger partial charge on any atom is 0.311 e. The molecule has 9 heteroatoms. The van der Waals surface area contributed by atoms with Gasteiger partial charge in [0.1, 0.15) is 6.61 Å². The van der Waals surface area contributed by atoms with E-state index in [1.165, 1.54) is 51.4 Å². The molecule has 52 heavy (non-hydrogen) atoms. The Morgan fingerprint density at radius 1 is 0.788 bits per heavy atom. The van der Waals surface area contributed by atoms with Gasteiger partial charge in [-0.3, -0.25) is 14.4 Å². The first kappa shape index (κ1) is 47.9. The maximum atomic E-state index is 12.9. The Kier molecular flexibility index (Phi) is 23.8. The number of esters is 3. The van der Waals surface area contributed by atoms with Crippen LogP contribution in [-0.2, 0) is 23.9 Å². The van der Waals surface area contributed by atoms with Crippen molar-refractivity contribution in [1.82, 2.24) is 0 Å². The van der Waals surface area contributed by atoms with Gasteiger partial charge in [-0.05, 0) is 85.8 Å². The van der Waals surface area contributed by atoms with Gasteiger partial charge in [0.15, 0.2) is 11.9 Å². The van der Waals surface area contributed by atoms with E-state index in [2.05, 4.69) is 46.8 Å². The van der Waals surface area contributed by atoms with Crippen LogP contribution in [0, 0.1) is 29.6 Å². The van der Waals surface area contributed by atoms with Gasteiger partial charge in [0.05, 0.1) is 16.7 Å². The average Bonchev–Trinajstić information content (AvgIpc) is 3.05. The van der Waals surface area contributed by atoms with Crippen molar-refractivity contribution < 1.29 is 33.7 Å². The number of aliphatic hydroxyl groups excluding tert-OH is 1. The van der Waals surface area contributed by atoms with Gasteiger partial charge < -0.3 is 19.3 Å². The SMILES string of the molecule is CCCCCCCC/C=C\CCCCCCCC(=O)OCC(CO)OC(=O)CC(C)C(C)(C)C(C)(C)CC(C)CC(=O)Oc1c(Cl)cc(C)cc1Cl. The highest BCUT2D eigenvalue weighted by atomic mass is 35.5. The molecule has 0 aliphatic heterocycles. The lowest BCUT2D eigenvalue weighted by molar-refractivity contribution is -0.163. The number of allylic oxidation sites excluding steroid dienone is 2. The van der Waals surface area contributed by atoms with Crippen LogP contribution in [0.15, 0.2) is 24.3 Å². The Labute approximate surface area is 325 Å². The van der Waals surface area contributed by atoms with E-state index in [0.717, 1.165) is 37.7 Å². The lowest BCUT2D eigenvalue weighted by Gasteiger charge is -2.47. The topological polar surface area (TPSA) is 99.1 Å². The highest BCUT2D eigenvalue weighted by Gasteiger charge is 2.43. The largest absolute Gasteiger partial charge is 0.462 e. The number of halogens is 2. The molecular formula is C43H70Cl2O7. The van der Waals surface area contributed by atoms with Gasteiger partial charge in [-0.25, -0.2) is 0 Å². The minimum atomic E-state index is -0.907. The van der Waals surface area contributed by atoms with E-state index >= 15 is 0 Å². The molecule has 1 rings (SSSR count). The molecule has 0 saturated carbocycles. The Hall–Kier alpha value is -2.09. The highest BCUT2D eigenvalue weighted by Crippen LogP contribution is 2.49. The van der Waals surface area contributed by atoms with Crippen LogP contribution in [0.3, 0.4) is 0 Å². The van der Waals surface area contributed by atoms with Crippen molar-refractivity contribution in [3.63, 3.8) is 0 Å². The molecule has 298 valence electrons. The summed E-state index contributed by atoms with van der Waals surface area (Å²) in [4.78, 5) is 38.0. The van der Waals surface area contributed by atoms with Gasteiger partial charge in [-0.2, -0.15) is 0 Å². The standard InChI is InChI=1S/C43H70Cl2O7/c1-9-10-11-12-13-14-15-16-17-18-19-20-21-22-23-24-38(47)50-31-35(30-46)51-40(49)28-34(4)43(7,8)42(5,6)29-33(3)27-39(48)52-41-36(44)25-32(2)26-37(41)45/h16-17,25-26,33-35,46H,9-15,18-24,27-31H2,1-8H3/b17-16-. The molecule has 0 amide bonds. The summed E-state index contributed by atoms with van der Waals surface area (Å²) < 4.78 is 16.4. The van der Waals surface area contributed by atoms with E-state index in [1.54, 1.807) is 12.1 Å². The van der Waals surface area contributed by atoms with E-state index in [-0.39, 0.29) is 53.8 Å². The molecule has 0 aromatic heterocycles. The zero-order chi connectivity index (χ0) is 39.2. The number of carbonyl (C=O) groups is 3. The quantitative estimate of drug-likeness (QED) is 0.0392. The molecule has 1 N–H and O–H groups in total. The van der Waals surface area contributed by atoms with Crippen molar-refractivity contribution in [3.8, 4) is 5.75 Å². The van der Waals surface area contributed by atoms with Gasteiger partial charge in [-0.1, -0.05) is 135 Å². The van der Waals surface area contributed by atoms with Gasteiger partial charge in [0.2, 0.25) is 0 Å². The Morgan fingerprint density at radius 2 is 1.33 bits per heavy atom. The number of ether oxygens (including phenoxy) is 3. The molecule has 1 aromatic rings. The molecule has 0 bridgehead atoms. The van der Waals surface area contributed by atoms with Gasteiger partial charge in [-0.15, -0.1) is 0 Å². The fourth-order valence-corrected chi connectivity index (χ4v) is 7.23. The molecule has 0 aliphatic rings. The number of carbonyl (C=O) groups excluding carboxylic acids is 3. The fourth-order valence-electron chi connectivity index (χ4n) is 6.56. The van der Waals surface area contributed by atoms with E-state index < -0.39 is 24.6 Å². The van der Waals surface area contributed by atoms with Gasteiger partial charge in [0.25, 0.3) is 0 Å². The second kappa shape index (κ2) is 25.8.